The van der Waals surface area contributed by atoms with Crippen LogP contribution in [0.1, 0.15) is 43.5 Å². The van der Waals surface area contributed by atoms with Crippen molar-refractivity contribution in [1.29, 1.82) is 0 Å². The third-order valence-corrected chi connectivity index (χ3v) is 5.60. The summed E-state index contributed by atoms with van der Waals surface area (Å²) in [5.74, 6) is -0.310. The van der Waals surface area contributed by atoms with Crippen LogP contribution in [0, 0.1) is 29.9 Å². The number of carbonyl (C=O) groups is 2. The summed E-state index contributed by atoms with van der Waals surface area (Å²) in [6.45, 7) is 4.38. The van der Waals surface area contributed by atoms with Crippen molar-refractivity contribution in [3.05, 3.63) is 21.5 Å². The van der Waals surface area contributed by atoms with E-state index in [-0.39, 0.29) is 43.2 Å². The molecule has 0 radical (unpaired) electrons. The summed E-state index contributed by atoms with van der Waals surface area (Å²) in [6, 6.07) is 0.267. The fourth-order valence-electron chi connectivity index (χ4n) is 3.83. The van der Waals surface area contributed by atoms with Crippen molar-refractivity contribution in [2.24, 2.45) is 5.92 Å². The third kappa shape index (κ3) is 4.86. The topological polar surface area (TPSA) is 131 Å². The zero-order valence-corrected chi connectivity index (χ0v) is 16.3. The predicted octanol–water partition coefficient (Wildman–Crippen LogP) is 1.24. The highest BCUT2D eigenvalue weighted by atomic mass is 16.6. The second-order valence-corrected chi connectivity index (χ2v) is 7.91. The molecule has 0 aliphatic heterocycles. The molecular formula is C18H27N5O5. The number of nitrogens with zero attached hydrogens (tertiary/aromatic N) is 4. The fraction of sp³-hybridized carbons (Fsp3) is 0.722. The molecule has 0 saturated heterocycles. The van der Waals surface area contributed by atoms with Gasteiger partial charge >= 0.3 is 11.7 Å². The van der Waals surface area contributed by atoms with E-state index in [1.165, 1.54) is 17.5 Å². The normalized spacial score (nSPS) is 21.4. The van der Waals surface area contributed by atoms with Gasteiger partial charge in [-0.3, -0.25) is 29.3 Å². The molecule has 2 aliphatic carbocycles. The molecule has 10 nitrogen and oxygen atoms in total. The van der Waals surface area contributed by atoms with Crippen molar-refractivity contribution in [1.82, 2.24) is 20.0 Å². The largest absolute Gasteiger partial charge is 0.480 e. The van der Waals surface area contributed by atoms with Gasteiger partial charge in [0.15, 0.2) is 0 Å². The number of hydrogen-bond acceptors (Lipinski definition) is 6. The Bertz CT molecular complexity index is 767. The Balaban J connectivity index is 1.43. The van der Waals surface area contributed by atoms with E-state index < -0.39 is 10.9 Å². The van der Waals surface area contributed by atoms with Crippen LogP contribution in [0.15, 0.2) is 0 Å². The third-order valence-electron chi connectivity index (χ3n) is 5.60. The molecule has 0 unspecified atom stereocenters. The van der Waals surface area contributed by atoms with E-state index in [9.17, 15) is 19.7 Å². The van der Waals surface area contributed by atoms with Gasteiger partial charge in [-0.25, -0.2) is 0 Å². The lowest BCUT2D eigenvalue weighted by molar-refractivity contribution is -0.386. The van der Waals surface area contributed by atoms with Crippen LogP contribution < -0.4 is 5.32 Å². The zero-order chi connectivity index (χ0) is 20.4. The van der Waals surface area contributed by atoms with Gasteiger partial charge < -0.3 is 10.4 Å². The number of carbonyl (C=O) groups excluding carboxylic acids is 1. The second kappa shape index (κ2) is 8.26. The first-order valence-corrected chi connectivity index (χ1v) is 9.68. The number of carboxylic acids is 1. The lowest BCUT2D eigenvalue weighted by Gasteiger charge is -2.42. The molecule has 2 aliphatic rings. The molecule has 0 atom stereocenters. The van der Waals surface area contributed by atoms with E-state index in [0.717, 1.165) is 19.4 Å². The highest BCUT2D eigenvalue weighted by Crippen LogP contribution is 2.33. The minimum atomic E-state index is -0.813. The van der Waals surface area contributed by atoms with Crippen LogP contribution in [0.2, 0.25) is 0 Å². The Hall–Kier alpha value is -2.49. The van der Waals surface area contributed by atoms with Crippen molar-refractivity contribution in [3.63, 3.8) is 0 Å². The standard InChI is InChI=1S/C18H27N5O5/c1-11-18(23(27)28)12(2)22(20-11)6-5-16(24)19-14-7-15(8-14)21(10-17(25)26)9-13-3-4-13/h13-15H,3-10H2,1-2H3,(H,19,24)(H,25,26). The van der Waals surface area contributed by atoms with Gasteiger partial charge in [-0.2, -0.15) is 5.10 Å². The Morgan fingerprint density at radius 3 is 2.57 bits per heavy atom. The lowest BCUT2D eigenvalue weighted by atomic mass is 9.85. The van der Waals surface area contributed by atoms with Crippen molar-refractivity contribution in [3.8, 4) is 0 Å². The number of nitrogens with one attached hydrogen (secondary N) is 1. The van der Waals surface area contributed by atoms with Gasteiger partial charge in [-0.1, -0.05) is 0 Å². The van der Waals surface area contributed by atoms with E-state index in [0.29, 0.717) is 17.3 Å². The summed E-state index contributed by atoms with van der Waals surface area (Å²) < 4.78 is 1.50. The Morgan fingerprint density at radius 2 is 2.04 bits per heavy atom. The van der Waals surface area contributed by atoms with Crippen LogP contribution in [0.3, 0.4) is 0 Å². The second-order valence-electron chi connectivity index (χ2n) is 7.91. The van der Waals surface area contributed by atoms with Crippen LogP contribution in [0.25, 0.3) is 0 Å². The SMILES string of the molecule is Cc1nn(CCC(=O)NC2CC(N(CC(=O)O)CC3CC3)C2)c(C)c1[N+](=O)[O-]. The van der Waals surface area contributed by atoms with E-state index in [4.69, 9.17) is 5.11 Å². The van der Waals surface area contributed by atoms with Gasteiger partial charge in [0, 0.05) is 25.0 Å². The molecule has 0 spiro atoms. The Morgan fingerprint density at radius 1 is 1.36 bits per heavy atom. The molecule has 1 heterocycles. The first-order chi connectivity index (χ1) is 13.2. The molecule has 28 heavy (non-hydrogen) atoms. The van der Waals surface area contributed by atoms with Crippen molar-refractivity contribution >= 4 is 17.6 Å². The highest BCUT2D eigenvalue weighted by molar-refractivity contribution is 5.76. The number of aromatic nitrogens is 2. The first-order valence-electron chi connectivity index (χ1n) is 9.68. The van der Waals surface area contributed by atoms with Gasteiger partial charge in [0.1, 0.15) is 11.4 Å². The quantitative estimate of drug-likeness (QED) is 0.452. The molecule has 0 aromatic carbocycles. The minimum absolute atomic E-state index is 0.00331. The first kappa shape index (κ1) is 20.2. The minimum Gasteiger partial charge on any atom is -0.480 e. The van der Waals surface area contributed by atoms with Crippen molar-refractivity contribution in [2.45, 2.75) is 64.6 Å². The molecule has 1 amide bonds. The number of aryl methyl sites for hydroxylation is 2. The average Bonchev–Trinajstić information content (AvgIpc) is 3.31. The molecule has 1 aromatic rings. The van der Waals surface area contributed by atoms with Gasteiger partial charge in [0.05, 0.1) is 18.0 Å². The number of hydrogen-bond donors (Lipinski definition) is 2. The molecule has 2 saturated carbocycles. The Kier molecular flexibility index (Phi) is 5.97. The summed E-state index contributed by atoms with van der Waals surface area (Å²) in [4.78, 5) is 35.9. The lowest BCUT2D eigenvalue weighted by Crippen LogP contribution is -2.55. The predicted molar refractivity (Wildman–Crippen MR) is 99.9 cm³/mol. The van der Waals surface area contributed by atoms with Gasteiger partial charge in [0.25, 0.3) is 0 Å². The summed E-state index contributed by atoms with van der Waals surface area (Å²) >= 11 is 0. The van der Waals surface area contributed by atoms with E-state index >= 15 is 0 Å². The van der Waals surface area contributed by atoms with Crippen LogP contribution in [-0.4, -0.2) is 61.8 Å². The molecule has 1 aromatic heterocycles. The van der Waals surface area contributed by atoms with Crippen molar-refractivity contribution < 1.29 is 19.6 Å². The van der Waals surface area contributed by atoms with Crippen LogP contribution in [0.5, 0.6) is 0 Å². The maximum absolute atomic E-state index is 12.2. The van der Waals surface area contributed by atoms with Crippen molar-refractivity contribution in [2.75, 3.05) is 13.1 Å². The van der Waals surface area contributed by atoms with Crippen LogP contribution in [0.4, 0.5) is 5.69 Å². The monoisotopic (exact) mass is 393 g/mol. The molecule has 2 N–H and O–H groups in total. The number of aliphatic carboxylic acids is 1. The summed E-state index contributed by atoms with van der Waals surface area (Å²) in [5.41, 5.74) is 0.791. The van der Waals surface area contributed by atoms with Crippen LogP contribution in [-0.2, 0) is 16.1 Å². The van der Waals surface area contributed by atoms with Gasteiger partial charge in [-0.05, 0) is 45.4 Å². The van der Waals surface area contributed by atoms with Gasteiger partial charge in [-0.15, -0.1) is 0 Å². The smallest absolute Gasteiger partial charge is 0.317 e. The maximum Gasteiger partial charge on any atom is 0.317 e. The molecule has 10 heteroatoms. The number of nitro groups is 1. The Labute approximate surface area is 163 Å². The van der Waals surface area contributed by atoms with E-state index in [1.54, 1.807) is 13.8 Å². The molecular weight excluding hydrogens is 366 g/mol. The summed E-state index contributed by atoms with van der Waals surface area (Å²) in [6.07, 6.45) is 4.07. The summed E-state index contributed by atoms with van der Waals surface area (Å²) in [7, 11) is 0. The zero-order valence-electron chi connectivity index (χ0n) is 16.3. The number of amides is 1. The molecule has 2 fully saturated rings. The number of carboxylic acid groups (broad SMARTS) is 1. The molecule has 0 bridgehead atoms. The van der Waals surface area contributed by atoms with E-state index in [2.05, 4.69) is 10.4 Å². The fourth-order valence-corrected chi connectivity index (χ4v) is 3.83. The summed E-state index contributed by atoms with van der Waals surface area (Å²) in [5, 5.41) is 27.2. The van der Waals surface area contributed by atoms with Crippen LogP contribution >= 0.6 is 0 Å². The average molecular weight is 393 g/mol. The van der Waals surface area contributed by atoms with Gasteiger partial charge in [0.2, 0.25) is 5.91 Å². The molecule has 154 valence electrons. The van der Waals surface area contributed by atoms with E-state index in [1.807, 2.05) is 4.90 Å². The molecule has 3 rings (SSSR count). The number of rotatable bonds is 10. The highest BCUT2D eigenvalue weighted by Gasteiger charge is 2.37. The maximum atomic E-state index is 12.2.